The predicted octanol–water partition coefficient (Wildman–Crippen LogP) is 1.78. The molecule has 0 saturated heterocycles. The van der Waals surface area contributed by atoms with Crippen LogP contribution in [0, 0.1) is 13.8 Å². The molecule has 0 aliphatic rings. The molecule has 0 amide bonds. The molecule has 0 aromatic carbocycles. The standard InChI is InChI=1S/C12H15N3O2S/c1-9-6-7-10(2)15(9)14-12-11(18(3,16)17)5-4-8-13-12/h4-8H,1-3H3,(H,13,14). The van der Waals surface area contributed by atoms with Crippen LogP contribution in [0.25, 0.3) is 0 Å². The molecular weight excluding hydrogens is 250 g/mol. The number of hydrogen-bond acceptors (Lipinski definition) is 4. The van der Waals surface area contributed by atoms with Crippen molar-refractivity contribution in [3.63, 3.8) is 0 Å². The molecule has 2 heterocycles. The fraction of sp³-hybridized carbons (Fsp3) is 0.250. The summed E-state index contributed by atoms with van der Waals surface area (Å²) in [6.45, 7) is 3.87. The van der Waals surface area contributed by atoms with Crippen LogP contribution in [0.1, 0.15) is 11.4 Å². The average molecular weight is 265 g/mol. The highest BCUT2D eigenvalue weighted by molar-refractivity contribution is 7.90. The van der Waals surface area contributed by atoms with Crippen LogP contribution in [-0.2, 0) is 9.84 Å². The minimum absolute atomic E-state index is 0.192. The Labute approximate surface area is 106 Å². The minimum atomic E-state index is -3.30. The lowest BCUT2D eigenvalue weighted by Gasteiger charge is -2.14. The topological polar surface area (TPSA) is 64.0 Å². The molecule has 0 fully saturated rings. The summed E-state index contributed by atoms with van der Waals surface area (Å²) in [6.07, 6.45) is 2.73. The lowest BCUT2D eigenvalue weighted by atomic mass is 10.5. The Balaban J connectivity index is 2.48. The van der Waals surface area contributed by atoms with Crippen molar-refractivity contribution in [1.82, 2.24) is 9.66 Å². The molecule has 18 heavy (non-hydrogen) atoms. The Morgan fingerprint density at radius 3 is 2.33 bits per heavy atom. The summed E-state index contributed by atoms with van der Waals surface area (Å²) < 4.78 is 25.1. The summed E-state index contributed by atoms with van der Waals surface area (Å²) in [6, 6.07) is 7.05. The molecule has 0 bridgehead atoms. The number of hydrogen-bond donors (Lipinski definition) is 1. The van der Waals surface area contributed by atoms with E-state index >= 15 is 0 Å². The third kappa shape index (κ3) is 2.38. The van der Waals surface area contributed by atoms with E-state index in [1.54, 1.807) is 23.0 Å². The van der Waals surface area contributed by atoms with Gasteiger partial charge < -0.3 is 0 Å². The van der Waals surface area contributed by atoms with Gasteiger partial charge in [0.05, 0.1) is 0 Å². The molecule has 2 rings (SSSR count). The van der Waals surface area contributed by atoms with E-state index in [9.17, 15) is 8.42 Å². The van der Waals surface area contributed by atoms with E-state index in [2.05, 4.69) is 10.4 Å². The fourth-order valence-electron chi connectivity index (χ4n) is 1.72. The Morgan fingerprint density at radius 1 is 1.17 bits per heavy atom. The van der Waals surface area contributed by atoms with Crippen molar-refractivity contribution in [3.8, 4) is 0 Å². The van der Waals surface area contributed by atoms with Crippen LogP contribution in [0.3, 0.4) is 0 Å². The third-order valence-corrected chi connectivity index (χ3v) is 3.79. The number of nitrogens with zero attached hydrogens (tertiary/aromatic N) is 2. The number of pyridine rings is 1. The first-order valence-corrected chi connectivity index (χ1v) is 7.36. The summed E-state index contributed by atoms with van der Waals surface area (Å²) in [5.74, 6) is 0.336. The van der Waals surface area contributed by atoms with Gasteiger partial charge in [0.15, 0.2) is 15.7 Å². The number of sulfone groups is 1. The molecule has 5 nitrogen and oxygen atoms in total. The molecule has 0 radical (unpaired) electrons. The van der Waals surface area contributed by atoms with Gasteiger partial charge in [0.1, 0.15) is 4.90 Å². The Morgan fingerprint density at radius 2 is 1.78 bits per heavy atom. The molecule has 0 aliphatic carbocycles. The van der Waals surface area contributed by atoms with Gasteiger partial charge in [0, 0.05) is 23.8 Å². The second-order valence-corrected chi connectivity index (χ2v) is 6.17. The second kappa shape index (κ2) is 4.45. The number of aromatic nitrogens is 2. The Hall–Kier alpha value is -1.82. The zero-order chi connectivity index (χ0) is 13.3. The molecular formula is C12H15N3O2S. The van der Waals surface area contributed by atoms with Gasteiger partial charge >= 0.3 is 0 Å². The minimum Gasteiger partial charge on any atom is -0.277 e. The maximum Gasteiger partial charge on any atom is 0.179 e. The normalized spacial score (nSPS) is 11.5. The van der Waals surface area contributed by atoms with E-state index in [1.165, 1.54) is 6.26 Å². The van der Waals surface area contributed by atoms with E-state index in [0.717, 1.165) is 11.4 Å². The molecule has 0 atom stereocenters. The highest BCUT2D eigenvalue weighted by atomic mass is 32.2. The Bertz CT molecular complexity index is 655. The molecule has 0 spiro atoms. The van der Waals surface area contributed by atoms with Gasteiger partial charge in [0.2, 0.25) is 0 Å². The molecule has 0 unspecified atom stereocenters. The van der Waals surface area contributed by atoms with Gasteiger partial charge in [-0.25, -0.2) is 13.4 Å². The van der Waals surface area contributed by atoms with E-state index in [1.807, 2.05) is 26.0 Å². The first kappa shape index (κ1) is 12.6. The molecule has 0 saturated carbocycles. The summed E-state index contributed by atoms with van der Waals surface area (Å²) in [5, 5.41) is 0. The van der Waals surface area contributed by atoms with Gasteiger partial charge in [-0.05, 0) is 38.1 Å². The van der Waals surface area contributed by atoms with Gasteiger partial charge in [-0.1, -0.05) is 0 Å². The van der Waals surface area contributed by atoms with Crippen molar-refractivity contribution in [3.05, 3.63) is 41.9 Å². The van der Waals surface area contributed by atoms with Crippen molar-refractivity contribution < 1.29 is 8.42 Å². The monoisotopic (exact) mass is 265 g/mol. The molecule has 2 aromatic rings. The highest BCUT2D eigenvalue weighted by Gasteiger charge is 2.14. The average Bonchev–Trinajstić information content (AvgIpc) is 2.60. The SMILES string of the molecule is Cc1ccc(C)n1Nc1ncccc1S(C)(=O)=O. The highest BCUT2D eigenvalue weighted by Crippen LogP contribution is 2.19. The van der Waals surface area contributed by atoms with E-state index in [-0.39, 0.29) is 4.90 Å². The zero-order valence-electron chi connectivity index (χ0n) is 10.5. The van der Waals surface area contributed by atoms with Gasteiger partial charge in [-0.15, -0.1) is 0 Å². The van der Waals surface area contributed by atoms with Crippen LogP contribution in [-0.4, -0.2) is 24.3 Å². The fourth-order valence-corrected chi connectivity index (χ4v) is 2.50. The predicted molar refractivity (Wildman–Crippen MR) is 70.3 cm³/mol. The lowest BCUT2D eigenvalue weighted by molar-refractivity contribution is 0.601. The van der Waals surface area contributed by atoms with Crippen molar-refractivity contribution in [1.29, 1.82) is 0 Å². The largest absolute Gasteiger partial charge is 0.277 e. The van der Waals surface area contributed by atoms with Crippen molar-refractivity contribution >= 4 is 15.7 Å². The van der Waals surface area contributed by atoms with E-state index < -0.39 is 9.84 Å². The van der Waals surface area contributed by atoms with Crippen LogP contribution < -0.4 is 5.43 Å². The van der Waals surface area contributed by atoms with Crippen molar-refractivity contribution in [2.45, 2.75) is 18.7 Å². The van der Waals surface area contributed by atoms with Gasteiger partial charge in [0.25, 0.3) is 0 Å². The smallest absolute Gasteiger partial charge is 0.179 e. The quantitative estimate of drug-likeness (QED) is 0.918. The number of anilines is 1. The van der Waals surface area contributed by atoms with Crippen LogP contribution >= 0.6 is 0 Å². The zero-order valence-corrected chi connectivity index (χ0v) is 11.3. The van der Waals surface area contributed by atoms with E-state index in [0.29, 0.717) is 5.82 Å². The molecule has 96 valence electrons. The van der Waals surface area contributed by atoms with Crippen LogP contribution in [0.2, 0.25) is 0 Å². The van der Waals surface area contributed by atoms with Gasteiger partial charge in [-0.3, -0.25) is 10.1 Å². The Kier molecular flexibility index (Phi) is 3.13. The first-order valence-electron chi connectivity index (χ1n) is 5.46. The van der Waals surface area contributed by atoms with Crippen molar-refractivity contribution in [2.75, 3.05) is 11.7 Å². The van der Waals surface area contributed by atoms with E-state index in [4.69, 9.17) is 0 Å². The number of rotatable bonds is 3. The molecule has 1 N–H and O–H groups in total. The molecule has 6 heteroatoms. The second-order valence-electron chi connectivity index (χ2n) is 4.19. The lowest BCUT2D eigenvalue weighted by Crippen LogP contribution is -2.16. The molecule has 2 aromatic heterocycles. The molecule has 0 aliphatic heterocycles. The van der Waals surface area contributed by atoms with Crippen LogP contribution in [0.5, 0.6) is 0 Å². The summed E-state index contributed by atoms with van der Waals surface area (Å²) in [4.78, 5) is 4.28. The third-order valence-electron chi connectivity index (χ3n) is 2.66. The van der Waals surface area contributed by atoms with Crippen LogP contribution in [0.15, 0.2) is 35.4 Å². The van der Waals surface area contributed by atoms with Crippen molar-refractivity contribution in [2.24, 2.45) is 0 Å². The number of aryl methyl sites for hydroxylation is 2. The maximum atomic E-state index is 11.7. The number of nitrogens with one attached hydrogen (secondary N) is 1. The summed E-state index contributed by atoms with van der Waals surface area (Å²) >= 11 is 0. The summed E-state index contributed by atoms with van der Waals surface area (Å²) in [5.41, 5.74) is 4.99. The first-order chi connectivity index (χ1) is 8.39. The van der Waals surface area contributed by atoms with Gasteiger partial charge in [-0.2, -0.15) is 0 Å². The van der Waals surface area contributed by atoms with Crippen LogP contribution in [0.4, 0.5) is 5.82 Å². The summed E-state index contributed by atoms with van der Waals surface area (Å²) in [7, 11) is -3.30. The maximum absolute atomic E-state index is 11.7.